The van der Waals surface area contributed by atoms with Crippen LogP contribution in [-0.4, -0.2) is 37.4 Å². The molecule has 0 bridgehead atoms. The van der Waals surface area contributed by atoms with Crippen molar-refractivity contribution in [2.75, 3.05) is 13.6 Å². The highest BCUT2D eigenvalue weighted by Gasteiger charge is 2.22. The molecule has 1 radical (unpaired) electrons. The Morgan fingerprint density at radius 3 is 2.67 bits per heavy atom. The van der Waals surface area contributed by atoms with Gasteiger partial charge in [-0.05, 0) is 6.07 Å². The Hall–Kier alpha value is -1.40. The maximum absolute atomic E-state index is 11.7. The fraction of sp³-hybridized carbons (Fsp3) is 0.222. The summed E-state index contributed by atoms with van der Waals surface area (Å²) in [6, 6.07) is 8.56. The monoisotopic (exact) mass is 228 g/mol. The van der Waals surface area contributed by atoms with E-state index < -0.39 is 22.5 Å². The first-order chi connectivity index (χ1) is 6.94. The van der Waals surface area contributed by atoms with Crippen LogP contribution in [0, 0.1) is 6.07 Å². The largest absolute Gasteiger partial charge is 0.480 e. The summed E-state index contributed by atoms with van der Waals surface area (Å²) in [6.07, 6.45) is 0. The lowest BCUT2D eigenvalue weighted by atomic mass is 10.4. The number of sulfonamides is 1. The second-order valence-corrected chi connectivity index (χ2v) is 4.89. The molecule has 81 valence electrons. The summed E-state index contributed by atoms with van der Waals surface area (Å²) in [4.78, 5) is 10.3. The van der Waals surface area contributed by atoms with Gasteiger partial charge in [0.05, 0.1) is 4.90 Å². The van der Waals surface area contributed by atoms with E-state index >= 15 is 0 Å². The molecule has 0 saturated heterocycles. The molecular weight excluding hydrogens is 218 g/mol. The first-order valence-electron chi connectivity index (χ1n) is 4.09. The third-order valence-corrected chi connectivity index (χ3v) is 3.49. The van der Waals surface area contributed by atoms with Gasteiger partial charge in [0.2, 0.25) is 10.0 Å². The van der Waals surface area contributed by atoms with Crippen LogP contribution in [-0.2, 0) is 14.8 Å². The van der Waals surface area contributed by atoms with Crippen molar-refractivity contribution in [3.05, 3.63) is 30.3 Å². The summed E-state index contributed by atoms with van der Waals surface area (Å²) in [6.45, 7) is -0.564. The standard InChI is InChI=1S/C9H10NO4S/c1-10(7-9(11)12)15(13,14)8-5-3-2-4-6-8/h2-5H,7H2,1H3,(H,11,12). The minimum absolute atomic E-state index is 0.0336. The number of hydrogen-bond acceptors (Lipinski definition) is 3. The Bertz CT molecular complexity index is 440. The number of likely N-dealkylation sites (N-methyl/N-ethyl adjacent to an activating group) is 1. The third kappa shape index (κ3) is 2.77. The molecule has 0 atom stereocenters. The van der Waals surface area contributed by atoms with E-state index in [1.165, 1.54) is 19.2 Å². The quantitative estimate of drug-likeness (QED) is 0.798. The van der Waals surface area contributed by atoms with Crippen LogP contribution in [0.5, 0.6) is 0 Å². The lowest BCUT2D eigenvalue weighted by molar-refractivity contribution is -0.137. The van der Waals surface area contributed by atoms with Crippen molar-refractivity contribution >= 4 is 16.0 Å². The number of nitrogens with zero attached hydrogens (tertiary/aromatic N) is 1. The number of hydrogen-bond donors (Lipinski definition) is 1. The first kappa shape index (κ1) is 11.7. The Labute approximate surface area is 88.0 Å². The molecule has 0 saturated carbocycles. The molecular formula is C9H10NO4S. The number of carbonyl (C=O) groups is 1. The molecule has 0 aliphatic carbocycles. The van der Waals surface area contributed by atoms with Crippen molar-refractivity contribution in [2.24, 2.45) is 0 Å². The van der Waals surface area contributed by atoms with Crippen LogP contribution in [0.4, 0.5) is 0 Å². The predicted octanol–water partition coefficient (Wildman–Crippen LogP) is 0.192. The summed E-state index contributed by atoms with van der Waals surface area (Å²) in [7, 11) is -2.52. The maximum Gasteiger partial charge on any atom is 0.318 e. The van der Waals surface area contributed by atoms with Crippen LogP contribution in [0.25, 0.3) is 0 Å². The van der Waals surface area contributed by atoms with Gasteiger partial charge in [0, 0.05) is 13.1 Å². The molecule has 0 aromatic heterocycles. The Kier molecular flexibility index (Phi) is 3.43. The van der Waals surface area contributed by atoms with E-state index in [-0.39, 0.29) is 4.90 Å². The van der Waals surface area contributed by atoms with E-state index in [4.69, 9.17) is 5.11 Å². The van der Waals surface area contributed by atoms with E-state index in [1.807, 2.05) is 0 Å². The van der Waals surface area contributed by atoms with E-state index in [9.17, 15) is 13.2 Å². The molecule has 0 spiro atoms. The smallest absolute Gasteiger partial charge is 0.318 e. The van der Waals surface area contributed by atoms with Gasteiger partial charge in [-0.1, -0.05) is 18.2 Å². The number of aliphatic carboxylic acids is 1. The minimum atomic E-state index is -3.74. The maximum atomic E-state index is 11.7. The van der Waals surface area contributed by atoms with Crippen LogP contribution in [0.1, 0.15) is 0 Å². The molecule has 0 aliphatic heterocycles. The molecule has 0 amide bonds. The zero-order valence-corrected chi connectivity index (χ0v) is 8.86. The highest BCUT2D eigenvalue weighted by Crippen LogP contribution is 2.11. The zero-order chi connectivity index (χ0) is 11.5. The van der Waals surface area contributed by atoms with Gasteiger partial charge >= 0.3 is 5.97 Å². The number of rotatable bonds is 4. The van der Waals surface area contributed by atoms with E-state index in [2.05, 4.69) is 6.07 Å². The topological polar surface area (TPSA) is 74.7 Å². The number of carboxylic acids is 1. The van der Waals surface area contributed by atoms with Crippen molar-refractivity contribution in [3.63, 3.8) is 0 Å². The van der Waals surface area contributed by atoms with Crippen molar-refractivity contribution < 1.29 is 18.3 Å². The fourth-order valence-corrected chi connectivity index (χ4v) is 2.06. The van der Waals surface area contributed by atoms with Crippen LogP contribution in [0.15, 0.2) is 29.2 Å². The van der Waals surface area contributed by atoms with E-state index in [1.54, 1.807) is 12.1 Å². The zero-order valence-electron chi connectivity index (χ0n) is 8.04. The Balaban J connectivity index is 2.99. The number of carboxylic acid groups (broad SMARTS) is 1. The van der Waals surface area contributed by atoms with Gasteiger partial charge in [0.15, 0.2) is 0 Å². The minimum Gasteiger partial charge on any atom is -0.480 e. The molecule has 1 N–H and O–H groups in total. The normalized spacial score (nSPS) is 11.6. The molecule has 1 aromatic carbocycles. The summed E-state index contributed by atoms with van der Waals surface area (Å²) in [5.74, 6) is -1.20. The molecule has 1 rings (SSSR count). The van der Waals surface area contributed by atoms with Crippen molar-refractivity contribution in [1.82, 2.24) is 4.31 Å². The molecule has 6 heteroatoms. The molecule has 5 nitrogen and oxygen atoms in total. The SMILES string of the molecule is CN(CC(=O)O)S(=O)(=O)c1[c]cccc1. The molecule has 0 heterocycles. The molecule has 0 fully saturated rings. The fourth-order valence-electron chi connectivity index (χ4n) is 0.981. The van der Waals surface area contributed by atoms with E-state index in [0.717, 1.165) is 4.31 Å². The van der Waals surface area contributed by atoms with Crippen molar-refractivity contribution in [3.8, 4) is 0 Å². The van der Waals surface area contributed by atoms with Gasteiger partial charge in [-0.25, -0.2) is 8.42 Å². The van der Waals surface area contributed by atoms with Crippen LogP contribution < -0.4 is 0 Å². The second kappa shape index (κ2) is 4.41. The van der Waals surface area contributed by atoms with Gasteiger partial charge in [-0.3, -0.25) is 4.79 Å². The van der Waals surface area contributed by atoms with Gasteiger partial charge in [0.25, 0.3) is 0 Å². The first-order valence-corrected chi connectivity index (χ1v) is 5.53. The molecule has 15 heavy (non-hydrogen) atoms. The van der Waals surface area contributed by atoms with Gasteiger partial charge in [0.1, 0.15) is 6.54 Å². The average molecular weight is 228 g/mol. The van der Waals surface area contributed by atoms with E-state index in [0.29, 0.717) is 0 Å². The van der Waals surface area contributed by atoms with Gasteiger partial charge in [-0.15, -0.1) is 0 Å². The van der Waals surface area contributed by atoms with Crippen LogP contribution >= 0.6 is 0 Å². The Morgan fingerprint density at radius 1 is 1.53 bits per heavy atom. The van der Waals surface area contributed by atoms with Gasteiger partial charge in [-0.2, -0.15) is 4.31 Å². The van der Waals surface area contributed by atoms with Crippen LogP contribution in [0.3, 0.4) is 0 Å². The highest BCUT2D eigenvalue weighted by atomic mass is 32.2. The lowest BCUT2D eigenvalue weighted by Crippen LogP contribution is -2.32. The summed E-state index contributed by atoms with van der Waals surface area (Å²) in [5.41, 5.74) is 0. The van der Waals surface area contributed by atoms with Crippen LogP contribution in [0.2, 0.25) is 0 Å². The van der Waals surface area contributed by atoms with Crippen molar-refractivity contribution in [1.29, 1.82) is 0 Å². The highest BCUT2D eigenvalue weighted by molar-refractivity contribution is 7.89. The molecule has 0 unspecified atom stereocenters. The average Bonchev–Trinajstić information content (AvgIpc) is 2.18. The molecule has 1 aromatic rings. The predicted molar refractivity (Wildman–Crippen MR) is 52.7 cm³/mol. The lowest BCUT2D eigenvalue weighted by Gasteiger charge is -2.14. The second-order valence-electron chi connectivity index (χ2n) is 2.88. The number of benzene rings is 1. The summed E-state index contributed by atoms with van der Waals surface area (Å²) in [5, 5.41) is 8.48. The summed E-state index contributed by atoms with van der Waals surface area (Å²) < 4.78 is 24.2. The Morgan fingerprint density at radius 2 is 2.20 bits per heavy atom. The van der Waals surface area contributed by atoms with Gasteiger partial charge < -0.3 is 5.11 Å². The summed E-state index contributed by atoms with van der Waals surface area (Å²) >= 11 is 0. The molecule has 0 aliphatic rings. The van der Waals surface area contributed by atoms with Crippen molar-refractivity contribution in [2.45, 2.75) is 4.90 Å². The third-order valence-electron chi connectivity index (χ3n) is 1.73.